The zero-order valence-electron chi connectivity index (χ0n) is 23.3. The molecule has 1 aromatic heterocycles. The molecule has 0 atom stereocenters. The second-order valence-electron chi connectivity index (χ2n) is 11.5. The Kier molecular flexibility index (Phi) is 7.80. The number of aryl methyl sites for hydroxylation is 1. The van der Waals surface area contributed by atoms with E-state index >= 15 is 0 Å². The zero-order valence-corrected chi connectivity index (χ0v) is 25.6. The van der Waals surface area contributed by atoms with Gasteiger partial charge in [0.15, 0.2) is 9.84 Å². The fourth-order valence-corrected chi connectivity index (χ4v) is 7.93. The van der Waals surface area contributed by atoms with Gasteiger partial charge in [0.25, 0.3) is 5.91 Å². The Morgan fingerprint density at radius 3 is 2.34 bits per heavy atom. The zero-order chi connectivity index (χ0) is 28.9. The minimum atomic E-state index is -3.78. The van der Waals surface area contributed by atoms with Crippen molar-refractivity contribution >= 4 is 56.3 Å². The van der Waals surface area contributed by atoms with Gasteiger partial charge in [-0.1, -0.05) is 29.3 Å². The summed E-state index contributed by atoms with van der Waals surface area (Å²) in [7, 11) is -3.78. The van der Waals surface area contributed by atoms with Gasteiger partial charge in [-0.2, -0.15) is 0 Å². The van der Waals surface area contributed by atoms with Crippen molar-refractivity contribution in [3.05, 3.63) is 80.1 Å². The second-order valence-corrected chi connectivity index (χ2v) is 14.3. The van der Waals surface area contributed by atoms with E-state index in [0.29, 0.717) is 32.4 Å². The summed E-state index contributed by atoms with van der Waals surface area (Å²) in [5.41, 5.74) is 6.23. The average Bonchev–Trinajstić information content (AvgIpc) is 3.65. The van der Waals surface area contributed by atoms with Crippen molar-refractivity contribution in [2.45, 2.75) is 43.9 Å². The van der Waals surface area contributed by atoms with Crippen LogP contribution in [0.3, 0.4) is 0 Å². The maximum atomic E-state index is 13.4. The summed E-state index contributed by atoms with van der Waals surface area (Å²) < 4.78 is 26.7. The molecule has 6 rings (SSSR count). The van der Waals surface area contributed by atoms with E-state index in [1.54, 1.807) is 30.3 Å². The van der Waals surface area contributed by atoms with Crippen LogP contribution in [0.15, 0.2) is 41.3 Å². The Hall–Kier alpha value is -2.62. The standard InChI is InChI=1S/C31H34Cl2N4O3S/c1-19-25(17-37-12-10-36(11-13-37)16-21-6-7-21)20(2)34-30(19)15-24-23-14-22(8-9-29(23)35-31(24)38)41(39,40)18-26-27(32)4-3-5-28(26)33/h3-5,8-9,14-15,21,34H,6-7,10-13,16-18H2,1-2H3,(H,35,38). The molecule has 2 fully saturated rings. The lowest BCUT2D eigenvalue weighted by molar-refractivity contribution is -0.110. The number of nitrogens with one attached hydrogen (secondary N) is 2. The predicted octanol–water partition coefficient (Wildman–Crippen LogP) is 5.93. The van der Waals surface area contributed by atoms with Crippen LogP contribution in [0.25, 0.3) is 11.6 Å². The molecule has 3 heterocycles. The summed E-state index contributed by atoms with van der Waals surface area (Å²) in [6, 6.07) is 9.62. The Bertz CT molecular complexity index is 1630. The molecule has 1 amide bonds. The van der Waals surface area contributed by atoms with Crippen LogP contribution in [0, 0.1) is 19.8 Å². The molecule has 0 bridgehead atoms. The number of nitrogens with zero attached hydrogens (tertiary/aromatic N) is 2. The summed E-state index contributed by atoms with van der Waals surface area (Å²) >= 11 is 12.5. The first-order chi connectivity index (χ1) is 19.6. The molecule has 0 radical (unpaired) electrons. The minimum Gasteiger partial charge on any atom is -0.359 e. The summed E-state index contributed by atoms with van der Waals surface area (Å²) in [5.74, 6) is 0.322. The van der Waals surface area contributed by atoms with Crippen LogP contribution in [0.2, 0.25) is 10.0 Å². The van der Waals surface area contributed by atoms with Gasteiger partial charge in [0.1, 0.15) is 0 Å². The van der Waals surface area contributed by atoms with Crippen molar-refractivity contribution in [3.8, 4) is 0 Å². The predicted molar refractivity (Wildman–Crippen MR) is 165 cm³/mol. The third-order valence-electron chi connectivity index (χ3n) is 8.51. The van der Waals surface area contributed by atoms with Gasteiger partial charge in [0.05, 0.1) is 16.2 Å². The van der Waals surface area contributed by atoms with Gasteiger partial charge in [-0.15, -0.1) is 0 Å². The van der Waals surface area contributed by atoms with Gasteiger partial charge in [-0.3, -0.25) is 9.69 Å². The average molecular weight is 614 g/mol. The number of benzene rings is 2. The molecule has 10 heteroatoms. The molecular weight excluding hydrogens is 579 g/mol. The highest BCUT2D eigenvalue weighted by Crippen LogP contribution is 2.37. The van der Waals surface area contributed by atoms with Crippen LogP contribution >= 0.6 is 23.2 Å². The topological polar surface area (TPSA) is 85.5 Å². The van der Waals surface area contributed by atoms with E-state index in [2.05, 4.69) is 33.9 Å². The monoisotopic (exact) mass is 612 g/mol. The van der Waals surface area contributed by atoms with E-state index in [1.807, 2.05) is 6.08 Å². The largest absolute Gasteiger partial charge is 0.359 e. The number of aromatic nitrogens is 1. The van der Waals surface area contributed by atoms with Crippen molar-refractivity contribution in [1.82, 2.24) is 14.8 Å². The van der Waals surface area contributed by atoms with Gasteiger partial charge in [0, 0.05) is 77.5 Å². The summed E-state index contributed by atoms with van der Waals surface area (Å²) in [5, 5.41) is 3.47. The smallest absolute Gasteiger partial charge is 0.256 e. The SMILES string of the molecule is Cc1[nH]c(C=C2C(=O)Nc3ccc(S(=O)(=O)Cc4c(Cl)cccc4Cl)cc32)c(C)c1CN1CCN(CC2CC2)CC1. The highest BCUT2D eigenvalue weighted by Gasteiger charge is 2.29. The van der Waals surface area contributed by atoms with Crippen molar-refractivity contribution in [3.63, 3.8) is 0 Å². The van der Waals surface area contributed by atoms with Gasteiger partial charge in [-0.25, -0.2) is 8.42 Å². The molecule has 2 aliphatic heterocycles. The highest BCUT2D eigenvalue weighted by molar-refractivity contribution is 7.90. The molecular formula is C31H34Cl2N4O3S. The van der Waals surface area contributed by atoms with Crippen LogP contribution in [-0.4, -0.2) is 61.8 Å². The first kappa shape index (κ1) is 28.5. The lowest BCUT2D eigenvalue weighted by Crippen LogP contribution is -2.46. The molecule has 3 aromatic rings. The van der Waals surface area contributed by atoms with Gasteiger partial charge in [-0.05, 0) is 80.1 Å². The number of piperazine rings is 1. The van der Waals surface area contributed by atoms with Crippen LogP contribution < -0.4 is 5.32 Å². The van der Waals surface area contributed by atoms with E-state index in [4.69, 9.17) is 23.2 Å². The normalized spacial score (nSPS) is 19.1. The number of carbonyl (C=O) groups excluding carboxylic acids is 1. The lowest BCUT2D eigenvalue weighted by Gasteiger charge is -2.34. The molecule has 1 aliphatic carbocycles. The van der Waals surface area contributed by atoms with Gasteiger partial charge in [0.2, 0.25) is 0 Å². The number of fused-ring (bicyclic) bond motifs is 1. The maximum absolute atomic E-state index is 13.4. The molecule has 3 aliphatic rings. The highest BCUT2D eigenvalue weighted by atomic mass is 35.5. The van der Waals surface area contributed by atoms with E-state index in [0.717, 1.165) is 55.6 Å². The number of H-pyrrole nitrogens is 1. The van der Waals surface area contributed by atoms with Crippen LogP contribution in [0.5, 0.6) is 0 Å². The van der Waals surface area contributed by atoms with Crippen LogP contribution in [0.1, 0.15) is 46.5 Å². The Balaban J connectivity index is 1.23. The van der Waals surface area contributed by atoms with Crippen LogP contribution in [0.4, 0.5) is 5.69 Å². The Morgan fingerprint density at radius 2 is 1.66 bits per heavy atom. The van der Waals surface area contributed by atoms with E-state index < -0.39 is 9.84 Å². The molecule has 7 nitrogen and oxygen atoms in total. The maximum Gasteiger partial charge on any atom is 0.256 e. The summed E-state index contributed by atoms with van der Waals surface area (Å²) in [4.78, 5) is 21.7. The second kappa shape index (κ2) is 11.2. The van der Waals surface area contributed by atoms with Crippen molar-refractivity contribution < 1.29 is 13.2 Å². The fourth-order valence-electron chi connectivity index (χ4n) is 5.81. The molecule has 1 saturated heterocycles. The van der Waals surface area contributed by atoms with E-state index in [9.17, 15) is 13.2 Å². The summed E-state index contributed by atoms with van der Waals surface area (Å²) in [6.45, 7) is 10.6. The first-order valence-electron chi connectivity index (χ1n) is 14.0. The van der Waals surface area contributed by atoms with Crippen molar-refractivity contribution in [2.75, 3.05) is 38.0 Å². The third kappa shape index (κ3) is 5.99. The number of halogens is 2. The van der Waals surface area contributed by atoms with Crippen molar-refractivity contribution in [1.29, 1.82) is 0 Å². The Morgan fingerprint density at radius 1 is 0.976 bits per heavy atom. The molecule has 2 N–H and O–H groups in total. The number of amides is 1. The van der Waals surface area contributed by atoms with Crippen molar-refractivity contribution in [2.24, 2.45) is 5.92 Å². The number of carbonyl (C=O) groups is 1. The quantitative estimate of drug-likeness (QED) is 0.308. The van der Waals surface area contributed by atoms with E-state index in [-0.39, 0.29) is 16.6 Å². The molecule has 41 heavy (non-hydrogen) atoms. The third-order valence-corrected chi connectivity index (χ3v) is 10.9. The number of anilines is 1. The number of sulfone groups is 1. The van der Waals surface area contributed by atoms with E-state index in [1.165, 1.54) is 31.0 Å². The molecule has 0 unspecified atom stereocenters. The van der Waals surface area contributed by atoms with Crippen LogP contribution in [-0.2, 0) is 26.9 Å². The molecule has 1 saturated carbocycles. The van der Waals surface area contributed by atoms with Gasteiger partial charge < -0.3 is 15.2 Å². The minimum absolute atomic E-state index is 0.107. The Labute approximate surface area is 251 Å². The molecule has 2 aromatic carbocycles. The number of rotatable bonds is 8. The number of hydrogen-bond acceptors (Lipinski definition) is 5. The molecule has 216 valence electrons. The summed E-state index contributed by atoms with van der Waals surface area (Å²) in [6.07, 6.45) is 4.61. The first-order valence-corrected chi connectivity index (χ1v) is 16.5. The lowest BCUT2D eigenvalue weighted by atomic mass is 10.0. The van der Waals surface area contributed by atoms with Gasteiger partial charge >= 0.3 is 0 Å². The fraction of sp³-hybridized carbons (Fsp3) is 0.387. The number of hydrogen-bond donors (Lipinski definition) is 2. The molecule has 0 spiro atoms. The number of aromatic amines is 1.